The largest absolute Gasteiger partial charge is 0.368 e. The minimum absolute atomic E-state index is 0.360. The highest BCUT2D eigenvalue weighted by molar-refractivity contribution is 6.07. The Hall–Kier alpha value is -2.50. The van der Waals surface area contributed by atoms with E-state index in [0.29, 0.717) is 24.8 Å². The van der Waals surface area contributed by atoms with Crippen molar-refractivity contribution < 1.29 is 13.6 Å². The minimum Gasteiger partial charge on any atom is -0.368 e. The van der Waals surface area contributed by atoms with Crippen LogP contribution >= 0.6 is 0 Å². The number of fused-ring (bicyclic) bond motifs is 1. The van der Waals surface area contributed by atoms with Gasteiger partial charge in [-0.05, 0) is 19.1 Å². The summed E-state index contributed by atoms with van der Waals surface area (Å²) < 4.78 is 26.8. The third kappa shape index (κ3) is 2.41. The summed E-state index contributed by atoms with van der Waals surface area (Å²) >= 11 is 0. The zero-order chi connectivity index (χ0) is 15.7. The van der Waals surface area contributed by atoms with Crippen LogP contribution in [0.4, 0.5) is 20.2 Å². The van der Waals surface area contributed by atoms with Crippen molar-refractivity contribution in [1.29, 1.82) is 0 Å². The molecule has 114 valence electrons. The van der Waals surface area contributed by atoms with Gasteiger partial charge in [0, 0.05) is 25.7 Å². The molecule has 0 aliphatic carbocycles. The van der Waals surface area contributed by atoms with Crippen molar-refractivity contribution in [3.05, 3.63) is 53.9 Å². The van der Waals surface area contributed by atoms with Gasteiger partial charge in [0.15, 0.2) is 11.5 Å². The highest BCUT2D eigenvalue weighted by Crippen LogP contribution is 2.33. The van der Waals surface area contributed by atoms with Gasteiger partial charge in [-0.15, -0.1) is 0 Å². The quantitative estimate of drug-likeness (QED) is 0.856. The van der Waals surface area contributed by atoms with E-state index in [-0.39, 0.29) is 5.69 Å². The van der Waals surface area contributed by atoms with Gasteiger partial charge in [0.2, 0.25) is 0 Å². The molecular formula is C16H15F2N3O. The van der Waals surface area contributed by atoms with E-state index < -0.39 is 17.5 Å². The normalized spacial score (nSPS) is 14.0. The van der Waals surface area contributed by atoms with E-state index in [4.69, 9.17) is 0 Å². The number of rotatable bonds is 2. The molecule has 1 aromatic carbocycles. The van der Waals surface area contributed by atoms with Crippen LogP contribution in [0.2, 0.25) is 0 Å². The maximum Gasteiger partial charge on any atom is 0.280 e. The number of benzene rings is 1. The Balaban J connectivity index is 2.00. The number of pyridine rings is 1. The molecule has 1 aliphatic rings. The highest BCUT2D eigenvalue weighted by atomic mass is 19.1. The lowest BCUT2D eigenvalue weighted by atomic mass is 10.1. The standard InChI is InChI=1S/C16H15F2N3O/c1-2-20-7-8-21(14-6-4-3-5-13(14)20)16(22)15-12(18)9-11(17)10-19-15/h3-6,9-10H,2,7-8H2,1H3. The molecule has 0 spiro atoms. The van der Waals surface area contributed by atoms with Gasteiger partial charge in [0.25, 0.3) is 5.91 Å². The second kappa shape index (κ2) is 5.71. The highest BCUT2D eigenvalue weighted by Gasteiger charge is 2.29. The summed E-state index contributed by atoms with van der Waals surface area (Å²) in [4.78, 5) is 19.8. The Morgan fingerprint density at radius 1 is 1.23 bits per heavy atom. The predicted octanol–water partition coefficient (Wildman–Crippen LogP) is 2.85. The second-order valence-electron chi connectivity index (χ2n) is 5.01. The maximum atomic E-state index is 13.8. The molecule has 0 atom stereocenters. The van der Waals surface area contributed by atoms with Crippen molar-refractivity contribution in [2.45, 2.75) is 6.92 Å². The Morgan fingerprint density at radius 3 is 2.64 bits per heavy atom. The molecular weight excluding hydrogens is 288 g/mol. The summed E-state index contributed by atoms with van der Waals surface area (Å²) in [6, 6.07) is 8.14. The van der Waals surface area contributed by atoms with Gasteiger partial charge < -0.3 is 9.80 Å². The van der Waals surface area contributed by atoms with Gasteiger partial charge >= 0.3 is 0 Å². The number of carbonyl (C=O) groups excluding carboxylic acids is 1. The number of nitrogens with zero attached hydrogens (tertiary/aromatic N) is 3. The Kier molecular flexibility index (Phi) is 3.75. The fourth-order valence-electron chi connectivity index (χ4n) is 2.66. The second-order valence-corrected chi connectivity index (χ2v) is 5.01. The summed E-state index contributed by atoms with van der Waals surface area (Å²) in [5.41, 5.74) is 1.28. The number of aromatic nitrogens is 1. The summed E-state index contributed by atoms with van der Waals surface area (Å²) in [7, 11) is 0. The van der Waals surface area contributed by atoms with Crippen LogP contribution in [0, 0.1) is 11.6 Å². The van der Waals surface area contributed by atoms with Crippen molar-refractivity contribution in [3.8, 4) is 0 Å². The van der Waals surface area contributed by atoms with Crippen LogP contribution in [0.25, 0.3) is 0 Å². The Morgan fingerprint density at radius 2 is 1.95 bits per heavy atom. The molecule has 0 saturated heterocycles. The van der Waals surface area contributed by atoms with Crippen molar-refractivity contribution in [3.63, 3.8) is 0 Å². The van der Waals surface area contributed by atoms with E-state index in [2.05, 4.69) is 9.88 Å². The first kappa shape index (κ1) is 14.4. The van der Waals surface area contributed by atoms with Crippen molar-refractivity contribution >= 4 is 17.3 Å². The van der Waals surface area contributed by atoms with Gasteiger partial charge in [-0.25, -0.2) is 13.8 Å². The van der Waals surface area contributed by atoms with Crippen LogP contribution < -0.4 is 9.80 Å². The van der Waals surface area contributed by atoms with E-state index in [1.807, 2.05) is 31.2 Å². The molecule has 22 heavy (non-hydrogen) atoms. The number of para-hydroxylation sites is 2. The molecule has 1 aliphatic heterocycles. The molecule has 1 aromatic heterocycles. The topological polar surface area (TPSA) is 36.4 Å². The van der Waals surface area contributed by atoms with Crippen molar-refractivity contribution in [2.24, 2.45) is 0 Å². The molecule has 3 rings (SSSR count). The average molecular weight is 303 g/mol. The number of hydrogen-bond donors (Lipinski definition) is 0. The van der Waals surface area contributed by atoms with E-state index in [0.717, 1.165) is 18.4 Å². The van der Waals surface area contributed by atoms with Crippen LogP contribution in [0.5, 0.6) is 0 Å². The summed E-state index contributed by atoms with van der Waals surface area (Å²) in [6.45, 7) is 3.95. The van der Waals surface area contributed by atoms with Crippen LogP contribution in [-0.4, -0.2) is 30.5 Å². The smallest absolute Gasteiger partial charge is 0.280 e. The van der Waals surface area contributed by atoms with Crippen LogP contribution in [0.1, 0.15) is 17.4 Å². The lowest BCUT2D eigenvalue weighted by molar-refractivity contribution is 0.0977. The summed E-state index contributed by atoms with van der Waals surface area (Å²) in [5, 5.41) is 0. The summed E-state index contributed by atoms with van der Waals surface area (Å²) in [5.74, 6) is -2.30. The molecule has 0 fully saturated rings. The number of anilines is 2. The molecule has 0 bridgehead atoms. The molecule has 2 heterocycles. The van der Waals surface area contributed by atoms with Gasteiger partial charge in [-0.2, -0.15) is 0 Å². The van der Waals surface area contributed by atoms with E-state index in [1.54, 1.807) is 0 Å². The number of carbonyl (C=O) groups is 1. The molecule has 0 saturated carbocycles. The minimum atomic E-state index is -0.944. The number of hydrogen-bond acceptors (Lipinski definition) is 3. The molecule has 4 nitrogen and oxygen atoms in total. The molecule has 0 unspecified atom stereocenters. The molecule has 0 N–H and O–H groups in total. The van der Waals surface area contributed by atoms with Crippen LogP contribution in [0.15, 0.2) is 36.5 Å². The van der Waals surface area contributed by atoms with E-state index >= 15 is 0 Å². The van der Waals surface area contributed by atoms with Gasteiger partial charge in [-0.3, -0.25) is 4.79 Å². The zero-order valence-corrected chi connectivity index (χ0v) is 12.1. The Labute approximate surface area is 127 Å². The fourth-order valence-corrected chi connectivity index (χ4v) is 2.66. The van der Waals surface area contributed by atoms with Gasteiger partial charge in [0.1, 0.15) is 5.82 Å². The number of likely N-dealkylation sites (N-methyl/N-ethyl adjacent to an activating group) is 1. The van der Waals surface area contributed by atoms with Gasteiger partial charge in [-0.1, -0.05) is 12.1 Å². The summed E-state index contributed by atoms with van der Waals surface area (Å²) in [6.07, 6.45) is 0.852. The molecule has 1 amide bonds. The first-order valence-electron chi connectivity index (χ1n) is 7.08. The zero-order valence-electron chi connectivity index (χ0n) is 12.1. The van der Waals surface area contributed by atoms with E-state index in [1.165, 1.54) is 4.90 Å². The first-order valence-corrected chi connectivity index (χ1v) is 7.08. The lowest BCUT2D eigenvalue weighted by Crippen LogP contribution is -2.44. The van der Waals surface area contributed by atoms with Crippen molar-refractivity contribution in [1.82, 2.24) is 4.98 Å². The molecule has 2 aromatic rings. The molecule has 0 radical (unpaired) electrons. The number of amides is 1. The maximum absolute atomic E-state index is 13.8. The van der Waals surface area contributed by atoms with Crippen LogP contribution in [-0.2, 0) is 0 Å². The van der Waals surface area contributed by atoms with Crippen molar-refractivity contribution in [2.75, 3.05) is 29.4 Å². The predicted molar refractivity (Wildman–Crippen MR) is 80.2 cm³/mol. The monoisotopic (exact) mass is 303 g/mol. The number of halogens is 2. The average Bonchev–Trinajstić information content (AvgIpc) is 2.53. The third-order valence-corrected chi connectivity index (χ3v) is 3.74. The fraction of sp³-hybridized carbons (Fsp3) is 0.250. The lowest BCUT2D eigenvalue weighted by Gasteiger charge is -2.37. The van der Waals surface area contributed by atoms with Gasteiger partial charge in [0.05, 0.1) is 17.6 Å². The SMILES string of the molecule is CCN1CCN(C(=O)c2ncc(F)cc2F)c2ccccc21. The third-order valence-electron chi connectivity index (χ3n) is 3.74. The Bertz CT molecular complexity index is 720. The molecule has 6 heteroatoms. The van der Waals surface area contributed by atoms with E-state index in [9.17, 15) is 13.6 Å². The van der Waals surface area contributed by atoms with Crippen LogP contribution in [0.3, 0.4) is 0 Å². The first-order chi connectivity index (χ1) is 10.6.